The van der Waals surface area contributed by atoms with Gasteiger partial charge in [0.25, 0.3) is 0 Å². The molecule has 96 valence electrons. The lowest BCUT2D eigenvalue weighted by Gasteiger charge is -2.39. The lowest BCUT2D eigenvalue weighted by Crippen LogP contribution is -2.47. The van der Waals surface area contributed by atoms with Crippen LogP contribution in [0.1, 0.15) is 38.7 Å². The minimum absolute atomic E-state index is 0.464. The number of hydrogen-bond acceptors (Lipinski definition) is 5. The van der Waals surface area contributed by atoms with Gasteiger partial charge in [-0.15, -0.1) is 0 Å². The Labute approximate surface area is 108 Å². The van der Waals surface area contributed by atoms with Crippen LogP contribution < -0.4 is 11.2 Å². The molecule has 1 aromatic heterocycles. The topological polar surface area (TPSA) is 78.0 Å². The molecule has 2 heterocycles. The molecule has 2 rings (SSSR count). The Hall–Kier alpha value is -1.80. The first-order valence-corrected chi connectivity index (χ1v) is 6.32. The molecule has 0 radical (unpaired) electrons. The maximum atomic E-state index is 8.78. The van der Waals surface area contributed by atoms with Gasteiger partial charge in [0.1, 0.15) is 6.07 Å². The van der Waals surface area contributed by atoms with E-state index in [1.54, 1.807) is 6.07 Å². The molecule has 1 aliphatic heterocycles. The SMILES string of the molecule is CC1CCCC(C)N1Nc1ncc(C#N)cc1N. The van der Waals surface area contributed by atoms with Crippen LogP contribution in [0.2, 0.25) is 0 Å². The predicted octanol–water partition coefficient (Wildman–Crippen LogP) is 2.13. The second-order valence-electron chi connectivity index (χ2n) is 4.92. The number of hydrogen-bond donors (Lipinski definition) is 2. The Morgan fingerprint density at radius 1 is 1.44 bits per heavy atom. The van der Waals surface area contributed by atoms with E-state index in [0.717, 1.165) is 0 Å². The molecule has 0 aliphatic carbocycles. The van der Waals surface area contributed by atoms with Crippen LogP contribution in [-0.2, 0) is 0 Å². The van der Waals surface area contributed by atoms with E-state index in [0.29, 0.717) is 29.2 Å². The molecule has 1 saturated heterocycles. The number of nitrogens with two attached hydrogens (primary N) is 1. The van der Waals surface area contributed by atoms with Crippen molar-refractivity contribution in [2.75, 3.05) is 11.2 Å². The molecule has 5 nitrogen and oxygen atoms in total. The number of anilines is 2. The largest absolute Gasteiger partial charge is 0.396 e. The molecule has 2 unspecified atom stereocenters. The van der Waals surface area contributed by atoms with Gasteiger partial charge in [-0.1, -0.05) is 6.42 Å². The van der Waals surface area contributed by atoms with Crippen molar-refractivity contribution in [2.45, 2.75) is 45.2 Å². The van der Waals surface area contributed by atoms with E-state index in [4.69, 9.17) is 11.0 Å². The lowest BCUT2D eigenvalue weighted by atomic mass is 10.00. The zero-order chi connectivity index (χ0) is 13.1. The molecule has 0 spiro atoms. The van der Waals surface area contributed by atoms with Crippen LogP contribution in [0.15, 0.2) is 12.3 Å². The van der Waals surface area contributed by atoms with Gasteiger partial charge < -0.3 is 11.2 Å². The van der Waals surface area contributed by atoms with Crippen LogP contribution in [0.3, 0.4) is 0 Å². The molecular weight excluding hydrogens is 226 g/mol. The van der Waals surface area contributed by atoms with Crippen molar-refractivity contribution in [1.82, 2.24) is 9.99 Å². The maximum Gasteiger partial charge on any atom is 0.163 e. The summed E-state index contributed by atoms with van der Waals surface area (Å²) in [5.74, 6) is 0.634. The van der Waals surface area contributed by atoms with Crippen molar-refractivity contribution >= 4 is 11.5 Å². The molecule has 2 atom stereocenters. The van der Waals surface area contributed by atoms with Gasteiger partial charge in [0, 0.05) is 18.3 Å². The van der Waals surface area contributed by atoms with Gasteiger partial charge in [0.15, 0.2) is 5.82 Å². The van der Waals surface area contributed by atoms with E-state index in [1.165, 1.54) is 25.5 Å². The van der Waals surface area contributed by atoms with E-state index < -0.39 is 0 Å². The molecule has 1 aromatic rings. The quantitative estimate of drug-likeness (QED) is 0.834. The Balaban J connectivity index is 2.15. The molecule has 0 amide bonds. The summed E-state index contributed by atoms with van der Waals surface area (Å²) in [6.45, 7) is 4.39. The van der Waals surface area contributed by atoms with E-state index in [9.17, 15) is 0 Å². The third-order valence-corrected chi connectivity index (χ3v) is 3.47. The number of rotatable bonds is 2. The highest BCUT2D eigenvalue weighted by Crippen LogP contribution is 2.25. The Morgan fingerprint density at radius 2 is 2.11 bits per heavy atom. The second kappa shape index (κ2) is 5.23. The first-order valence-electron chi connectivity index (χ1n) is 6.32. The summed E-state index contributed by atoms with van der Waals surface area (Å²) in [7, 11) is 0. The van der Waals surface area contributed by atoms with Gasteiger partial charge in [0.2, 0.25) is 0 Å². The summed E-state index contributed by atoms with van der Waals surface area (Å²) in [5, 5.41) is 11.0. The first-order chi connectivity index (χ1) is 8.61. The van der Waals surface area contributed by atoms with Crippen molar-refractivity contribution in [3.8, 4) is 6.07 Å². The average Bonchev–Trinajstić information content (AvgIpc) is 2.35. The van der Waals surface area contributed by atoms with Crippen LogP contribution in [0.4, 0.5) is 11.5 Å². The van der Waals surface area contributed by atoms with Crippen LogP contribution in [0, 0.1) is 11.3 Å². The number of aromatic nitrogens is 1. The normalized spacial score (nSPS) is 24.5. The number of nitriles is 1. The summed E-state index contributed by atoms with van der Waals surface area (Å²) < 4.78 is 0. The zero-order valence-electron chi connectivity index (χ0n) is 10.8. The predicted molar refractivity (Wildman–Crippen MR) is 71.6 cm³/mol. The Morgan fingerprint density at radius 3 is 2.67 bits per heavy atom. The van der Waals surface area contributed by atoms with Crippen LogP contribution >= 0.6 is 0 Å². The minimum atomic E-state index is 0.464. The fourth-order valence-corrected chi connectivity index (χ4v) is 2.40. The number of piperidine rings is 1. The summed E-state index contributed by atoms with van der Waals surface area (Å²) in [6.07, 6.45) is 5.15. The summed E-state index contributed by atoms with van der Waals surface area (Å²) in [6, 6.07) is 4.61. The molecule has 0 aromatic carbocycles. The highest BCUT2D eigenvalue weighted by molar-refractivity contribution is 5.62. The number of nitrogens with one attached hydrogen (secondary N) is 1. The van der Waals surface area contributed by atoms with Crippen LogP contribution in [-0.4, -0.2) is 22.1 Å². The molecule has 3 N–H and O–H groups in total. The van der Waals surface area contributed by atoms with Gasteiger partial charge in [-0.2, -0.15) is 5.26 Å². The van der Waals surface area contributed by atoms with Gasteiger partial charge in [-0.25, -0.2) is 9.99 Å². The molecule has 5 heteroatoms. The number of nitrogen functional groups attached to an aromatic ring is 1. The Kier molecular flexibility index (Phi) is 3.68. The molecule has 0 bridgehead atoms. The van der Waals surface area contributed by atoms with Crippen LogP contribution in [0.5, 0.6) is 0 Å². The van der Waals surface area contributed by atoms with Crippen LogP contribution in [0.25, 0.3) is 0 Å². The van der Waals surface area contributed by atoms with Crippen molar-refractivity contribution in [1.29, 1.82) is 5.26 Å². The van der Waals surface area contributed by atoms with Crippen molar-refractivity contribution in [3.05, 3.63) is 17.8 Å². The third-order valence-electron chi connectivity index (χ3n) is 3.47. The molecule has 1 aliphatic rings. The third kappa shape index (κ3) is 2.54. The van der Waals surface area contributed by atoms with E-state index >= 15 is 0 Å². The van der Waals surface area contributed by atoms with Gasteiger partial charge in [0.05, 0.1) is 11.3 Å². The minimum Gasteiger partial charge on any atom is -0.396 e. The second-order valence-corrected chi connectivity index (χ2v) is 4.92. The molecule has 0 saturated carbocycles. The number of nitrogens with zero attached hydrogens (tertiary/aromatic N) is 3. The van der Waals surface area contributed by atoms with Gasteiger partial charge in [-0.3, -0.25) is 0 Å². The van der Waals surface area contributed by atoms with Crippen molar-refractivity contribution in [3.63, 3.8) is 0 Å². The average molecular weight is 245 g/mol. The van der Waals surface area contributed by atoms with E-state index in [1.807, 2.05) is 6.07 Å². The van der Waals surface area contributed by atoms with Crippen molar-refractivity contribution < 1.29 is 0 Å². The monoisotopic (exact) mass is 245 g/mol. The van der Waals surface area contributed by atoms with Crippen molar-refractivity contribution in [2.24, 2.45) is 0 Å². The lowest BCUT2D eigenvalue weighted by molar-refractivity contribution is 0.135. The van der Waals surface area contributed by atoms with Gasteiger partial charge >= 0.3 is 0 Å². The fourth-order valence-electron chi connectivity index (χ4n) is 2.40. The maximum absolute atomic E-state index is 8.78. The standard InChI is InChI=1S/C13H19N5/c1-9-4-3-5-10(2)18(9)17-13-12(15)6-11(7-14)8-16-13/h6,8-10H,3-5,15H2,1-2H3,(H,16,17). The zero-order valence-corrected chi connectivity index (χ0v) is 10.8. The Bertz CT molecular complexity index is 455. The summed E-state index contributed by atoms with van der Waals surface area (Å²) >= 11 is 0. The van der Waals surface area contributed by atoms with Gasteiger partial charge in [-0.05, 0) is 32.8 Å². The van der Waals surface area contributed by atoms with E-state index in [-0.39, 0.29) is 0 Å². The molecule has 18 heavy (non-hydrogen) atoms. The fraction of sp³-hybridized carbons (Fsp3) is 0.538. The highest BCUT2D eigenvalue weighted by Gasteiger charge is 2.25. The first kappa shape index (κ1) is 12.7. The highest BCUT2D eigenvalue weighted by atomic mass is 15.5. The summed E-state index contributed by atoms with van der Waals surface area (Å²) in [4.78, 5) is 4.21. The smallest absolute Gasteiger partial charge is 0.163 e. The van der Waals surface area contributed by atoms with E-state index in [2.05, 4.69) is 29.3 Å². The molecule has 1 fully saturated rings. The number of hydrazine groups is 1. The number of pyridine rings is 1. The molecular formula is C13H19N5. The summed E-state index contributed by atoms with van der Waals surface area (Å²) in [5.41, 5.74) is 10.2.